The van der Waals surface area contributed by atoms with Crippen LogP contribution in [0, 0.1) is 0 Å². The van der Waals surface area contributed by atoms with Crippen LogP contribution < -0.4 is 10.5 Å². The van der Waals surface area contributed by atoms with E-state index in [1.807, 2.05) is 6.26 Å². The predicted octanol–water partition coefficient (Wildman–Crippen LogP) is 1.44. The van der Waals surface area contributed by atoms with E-state index in [1.165, 1.54) is 11.8 Å². The molecule has 2 N–H and O–H groups in total. The molecule has 2 rings (SSSR count). The third-order valence-electron chi connectivity index (χ3n) is 2.14. The maximum absolute atomic E-state index is 11.3. The van der Waals surface area contributed by atoms with Crippen molar-refractivity contribution in [3.05, 3.63) is 17.8 Å². The molecule has 80 valence electrons. The molecule has 1 fully saturated rings. The van der Waals surface area contributed by atoms with Crippen LogP contribution in [0.2, 0.25) is 0 Å². The van der Waals surface area contributed by atoms with Crippen molar-refractivity contribution in [1.82, 2.24) is 4.98 Å². The second-order valence-corrected chi connectivity index (χ2v) is 4.17. The standard InChI is InChI=1S/C10H12N2O2S/c1-15-10-8(9(11)13)7(4-5-12-10)14-6-2-3-6/h4-6H,2-3H2,1H3,(H2,11,13). The molecule has 5 heteroatoms. The number of hydrogen-bond donors (Lipinski definition) is 1. The Morgan fingerprint density at radius 3 is 2.93 bits per heavy atom. The molecule has 0 bridgehead atoms. The van der Waals surface area contributed by atoms with E-state index in [4.69, 9.17) is 10.5 Å². The van der Waals surface area contributed by atoms with E-state index in [0.717, 1.165) is 12.8 Å². The lowest BCUT2D eigenvalue weighted by atomic mass is 10.2. The Bertz CT molecular complexity index is 391. The number of ether oxygens (including phenoxy) is 1. The molecule has 1 aliphatic carbocycles. The molecule has 0 unspecified atom stereocenters. The van der Waals surface area contributed by atoms with E-state index in [0.29, 0.717) is 16.3 Å². The number of carbonyl (C=O) groups is 1. The second kappa shape index (κ2) is 4.10. The van der Waals surface area contributed by atoms with Crippen LogP contribution in [0.5, 0.6) is 5.75 Å². The quantitative estimate of drug-likeness (QED) is 0.786. The summed E-state index contributed by atoms with van der Waals surface area (Å²) in [5.41, 5.74) is 5.71. The number of pyridine rings is 1. The number of hydrogen-bond acceptors (Lipinski definition) is 4. The van der Waals surface area contributed by atoms with Gasteiger partial charge in [-0.2, -0.15) is 0 Å². The van der Waals surface area contributed by atoms with Gasteiger partial charge in [-0.1, -0.05) is 0 Å². The predicted molar refractivity (Wildman–Crippen MR) is 58.2 cm³/mol. The lowest BCUT2D eigenvalue weighted by Gasteiger charge is -2.10. The summed E-state index contributed by atoms with van der Waals surface area (Å²) in [6, 6.07) is 1.69. The highest BCUT2D eigenvalue weighted by molar-refractivity contribution is 7.98. The number of amides is 1. The third-order valence-corrected chi connectivity index (χ3v) is 2.83. The number of thioether (sulfide) groups is 1. The van der Waals surface area contributed by atoms with Gasteiger partial charge in [-0.15, -0.1) is 11.8 Å². The minimum atomic E-state index is -0.483. The number of primary amides is 1. The van der Waals surface area contributed by atoms with Crippen molar-refractivity contribution in [3.8, 4) is 5.75 Å². The Kier molecular flexibility index (Phi) is 2.81. The van der Waals surface area contributed by atoms with E-state index in [-0.39, 0.29) is 6.10 Å². The van der Waals surface area contributed by atoms with Gasteiger partial charge in [0.2, 0.25) is 0 Å². The summed E-state index contributed by atoms with van der Waals surface area (Å²) in [6.07, 6.45) is 5.84. The Balaban J connectivity index is 2.37. The zero-order chi connectivity index (χ0) is 10.8. The molecular weight excluding hydrogens is 212 g/mol. The number of nitrogens with zero attached hydrogens (tertiary/aromatic N) is 1. The minimum absolute atomic E-state index is 0.250. The highest BCUT2D eigenvalue weighted by Crippen LogP contribution is 2.32. The topological polar surface area (TPSA) is 65.2 Å². The summed E-state index contributed by atoms with van der Waals surface area (Å²) in [4.78, 5) is 15.4. The van der Waals surface area contributed by atoms with E-state index in [1.54, 1.807) is 12.3 Å². The van der Waals surface area contributed by atoms with Crippen molar-refractivity contribution in [2.24, 2.45) is 5.73 Å². The number of aromatic nitrogens is 1. The molecule has 0 aliphatic heterocycles. The van der Waals surface area contributed by atoms with Gasteiger partial charge >= 0.3 is 0 Å². The van der Waals surface area contributed by atoms with Gasteiger partial charge in [0, 0.05) is 6.20 Å². The van der Waals surface area contributed by atoms with Crippen molar-refractivity contribution >= 4 is 17.7 Å². The Morgan fingerprint density at radius 2 is 2.40 bits per heavy atom. The Hall–Kier alpha value is -1.23. The molecule has 1 heterocycles. The molecule has 4 nitrogen and oxygen atoms in total. The molecule has 1 amide bonds. The molecular formula is C10H12N2O2S. The van der Waals surface area contributed by atoms with E-state index in [9.17, 15) is 4.79 Å². The Morgan fingerprint density at radius 1 is 1.67 bits per heavy atom. The summed E-state index contributed by atoms with van der Waals surface area (Å²) < 4.78 is 5.61. The first-order chi connectivity index (χ1) is 7.22. The molecule has 1 aromatic rings. The molecule has 1 saturated carbocycles. The average molecular weight is 224 g/mol. The molecule has 1 aromatic heterocycles. The van der Waals surface area contributed by atoms with Gasteiger partial charge < -0.3 is 10.5 Å². The number of rotatable bonds is 4. The SMILES string of the molecule is CSc1nccc(OC2CC2)c1C(N)=O. The van der Waals surface area contributed by atoms with Gasteiger partial charge in [-0.05, 0) is 25.2 Å². The van der Waals surface area contributed by atoms with Crippen LogP contribution in [0.25, 0.3) is 0 Å². The second-order valence-electron chi connectivity index (χ2n) is 3.37. The van der Waals surface area contributed by atoms with Crippen LogP contribution >= 0.6 is 11.8 Å². The largest absolute Gasteiger partial charge is 0.489 e. The van der Waals surface area contributed by atoms with Crippen molar-refractivity contribution in [2.45, 2.75) is 24.0 Å². The van der Waals surface area contributed by atoms with Gasteiger partial charge in [0.05, 0.1) is 6.10 Å². The smallest absolute Gasteiger partial charge is 0.255 e. The van der Waals surface area contributed by atoms with E-state index < -0.39 is 5.91 Å². The fourth-order valence-corrected chi connectivity index (χ4v) is 1.84. The third kappa shape index (κ3) is 2.23. The molecule has 15 heavy (non-hydrogen) atoms. The van der Waals surface area contributed by atoms with Gasteiger partial charge in [0.25, 0.3) is 5.91 Å². The minimum Gasteiger partial charge on any atom is -0.489 e. The zero-order valence-corrected chi connectivity index (χ0v) is 9.21. The lowest BCUT2D eigenvalue weighted by molar-refractivity contribution is 0.0992. The van der Waals surface area contributed by atoms with Crippen LogP contribution in [-0.4, -0.2) is 23.3 Å². The summed E-state index contributed by atoms with van der Waals surface area (Å²) in [5, 5.41) is 0.626. The van der Waals surface area contributed by atoms with Crippen molar-refractivity contribution in [2.75, 3.05) is 6.26 Å². The van der Waals surface area contributed by atoms with Crippen molar-refractivity contribution in [1.29, 1.82) is 0 Å². The number of carbonyl (C=O) groups excluding carboxylic acids is 1. The summed E-state index contributed by atoms with van der Waals surface area (Å²) in [7, 11) is 0. The fourth-order valence-electron chi connectivity index (χ4n) is 1.27. The lowest BCUT2D eigenvalue weighted by Crippen LogP contribution is -2.15. The first kappa shape index (κ1) is 10.3. The summed E-state index contributed by atoms with van der Waals surface area (Å²) in [5.74, 6) is 0.0763. The van der Waals surface area contributed by atoms with Crippen molar-refractivity contribution in [3.63, 3.8) is 0 Å². The Labute approximate surface area is 92.2 Å². The summed E-state index contributed by atoms with van der Waals surface area (Å²) >= 11 is 1.39. The van der Waals surface area contributed by atoms with E-state index >= 15 is 0 Å². The van der Waals surface area contributed by atoms with Crippen molar-refractivity contribution < 1.29 is 9.53 Å². The zero-order valence-electron chi connectivity index (χ0n) is 8.40. The van der Waals surface area contributed by atoms with Gasteiger partial charge in [-0.3, -0.25) is 4.79 Å². The van der Waals surface area contributed by atoms with Gasteiger partial charge in [-0.25, -0.2) is 4.98 Å². The van der Waals surface area contributed by atoms with Gasteiger partial charge in [0.15, 0.2) is 0 Å². The molecule has 0 atom stereocenters. The van der Waals surface area contributed by atoms with Crippen LogP contribution in [-0.2, 0) is 0 Å². The first-order valence-electron chi connectivity index (χ1n) is 4.72. The maximum Gasteiger partial charge on any atom is 0.255 e. The fraction of sp³-hybridized carbons (Fsp3) is 0.400. The maximum atomic E-state index is 11.3. The number of nitrogens with two attached hydrogens (primary N) is 1. The first-order valence-corrected chi connectivity index (χ1v) is 5.94. The van der Waals surface area contributed by atoms with Crippen LogP contribution in [0.1, 0.15) is 23.2 Å². The molecule has 0 saturated heterocycles. The molecule has 1 aliphatic rings. The van der Waals surface area contributed by atoms with Crippen LogP contribution in [0.4, 0.5) is 0 Å². The van der Waals surface area contributed by atoms with Crippen LogP contribution in [0.15, 0.2) is 17.3 Å². The highest BCUT2D eigenvalue weighted by atomic mass is 32.2. The van der Waals surface area contributed by atoms with Crippen LogP contribution in [0.3, 0.4) is 0 Å². The summed E-state index contributed by atoms with van der Waals surface area (Å²) in [6.45, 7) is 0. The van der Waals surface area contributed by atoms with Gasteiger partial charge in [0.1, 0.15) is 16.3 Å². The highest BCUT2D eigenvalue weighted by Gasteiger charge is 2.26. The van der Waals surface area contributed by atoms with E-state index in [2.05, 4.69) is 4.98 Å². The normalized spacial score (nSPS) is 15.0. The molecule has 0 spiro atoms. The molecule has 0 radical (unpaired) electrons. The monoisotopic (exact) mass is 224 g/mol. The molecule has 0 aromatic carbocycles. The average Bonchev–Trinajstić information content (AvgIpc) is 3.01.